The second-order valence-electron chi connectivity index (χ2n) is 1.98. The molecular formula is C6H2F4N2O. The molecule has 1 aromatic rings. The lowest BCUT2D eigenvalue weighted by atomic mass is 10.2. The number of hydrogen-bond donors (Lipinski definition) is 1. The SMILES string of the molecule is O/N=C/c1c(F)c(F)nc(F)c1F. The summed E-state index contributed by atoms with van der Waals surface area (Å²) < 4.78 is 49.8. The number of pyridine rings is 1. The fourth-order valence-corrected chi connectivity index (χ4v) is 0.674. The Kier molecular flexibility index (Phi) is 2.45. The first-order valence-electron chi connectivity index (χ1n) is 2.95. The molecule has 1 heterocycles. The normalized spacial score (nSPS) is 11.1. The fourth-order valence-electron chi connectivity index (χ4n) is 0.674. The monoisotopic (exact) mass is 194 g/mol. The Bertz CT molecular complexity index is 340. The van der Waals surface area contributed by atoms with Crippen LogP contribution in [0.1, 0.15) is 5.56 Å². The van der Waals surface area contributed by atoms with Crippen LogP contribution >= 0.6 is 0 Å². The molecule has 1 aromatic heterocycles. The van der Waals surface area contributed by atoms with Gasteiger partial charge in [-0.1, -0.05) is 5.16 Å². The molecule has 0 aliphatic carbocycles. The third-order valence-electron chi connectivity index (χ3n) is 1.22. The lowest BCUT2D eigenvalue weighted by Crippen LogP contribution is -2.05. The zero-order chi connectivity index (χ0) is 10.0. The molecule has 13 heavy (non-hydrogen) atoms. The molecule has 0 amide bonds. The van der Waals surface area contributed by atoms with E-state index in [4.69, 9.17) is 5.21 Å². The molecule has 0 aliphatic rings. The van der Waals surface area contributed by atoms with E-state index in [0.29, 0.717) is 0 Å². The van der Waals surface area contributed by atoms with Gasteiger partial charge in [0, 0.05) is 0 Å². The number of rotatable bonds is 1. The molecule has 1 rings (SSSR count). The highest BCUT2D eigenvalue weighted by molar-refractivity contribution is 5.79. The molecule has 0 saturated carbocycles. The van der Waals surface area contributed by atoms with Gasteiger partial charge < -0.3 is 5.21 Å². The van der Waals surface area contributed by atoms with E-state index >= 15 is 0 Å². The first-order chi connectivity index (χ1) is 6.07. The first kappa shape index (κ1) is 9.43. The Balaban J connectivity index is 3.46. The number of nitrogens with zero attached hydrogens (tertiary/aromatic N) is 2. The highest BCUT2D eigenvalue weighted by Crippen LogP contribution is 2.14. The van der Waals surface area contributed by atoms with Gasteiger partial charge >= 0.3 is 0 Å². The molecule has 0 atom stereocenters. The van der Waals surface area contributed by atoms with Crippen molar-refractivity contribution in [2.75, 3.05) is 0 Å². The fraction of sp³-hybridized carbons (Fsp3) is 0. The summed E-state index contributed by atoms with van der Waals surface area (Å²) in [6, 6.07) is 0. The largest absolute Gasteiger partial charge is 0.411 e. The Morgan fingerprint density at radius 3 is 1.92 bits per heavy atom. The van der Waals surface area contributed by atoms with Crippen molar-refractivity contribution >= 4 is 6.21 Å². The average Bonchev–Trinajstić information content (AvgIpc) is 2.09. The maximum absolute atomic E-state index is 12.6. The Morgan fingerprint density at radius 1 is 1.08 bits per heavy atom. The van der Waals surface area contributed by atoms with Crippen molar-refractivity contribution in [2.24, 2.45) is 5.16 Å². The van der Waals surface area contributed by atoms with E-state index in [2.05, 4.69) is 10.1 Å². The van der Waals surface area contributed by atoms with Crippen LogP contribution in [-0.2, 0) is 0 Å². The van der Waals surface area contributed by atoms with Crippen molar-refractivity contribution in [2.45, 2.75) is 0 Å². The van der Waals surface area contributed by atoms with Crippen LogP contribution < -0.4 is 0 Å². The molecule has 1 N–H and O–H groups in total. The number of halogens is 4. The topological polar surface area (TPSA) is 45.5 Å². The molecule has 7 heteroatoms. The van der Waals surface area contributed by atoms with Crippen LogP contribution in [0.4, 0.5) is 17.6 Å². The van der Waals surface area contributed by atoms with Gasteiger partial charge in [-0.05, 0) is 0 Å². The highest BCUT2D eigenvalue weighted by atomic mass is 19.2. The van der Waals surface area contributed by atoms with Gasteiger partial charge in [0.2, 0.25) is 0 Å². The quantitative estimate of drug-likeness (QED) is 0.242. The summed E-state index contributed by atoms with van der Waals surface area (Å²) in [7, 11) is 0. The van der Waals surface area contributed by atoms with Crippen molar-refractivity contribution in [3.63, 3.8) is 0 Å². The number of hydrogen-bond acceptors (Lipinski definition) is 3. The molecule has 0 aliphatic heterocycles. The smallest absolute Gasteiger partial charge is 0.252 e. The zero-order valence-electron chi connectivity index (χ0n) is 5.93. The third kappa shape index (κ3) is 1.58. The van der Waals surface area contributed by atoms with Gasteiger partial charge in [-0.25, -0.2) is 8.78 Å². The van der Waals surface area contributed by atoms with Gasteiger partial charge in [-0.15, -0.1) is 0 Å². The van der Waals surface area contributed by atoms with E-state index in [1.165, 1.54) is 0 Å². The van der Waals surface area contributed by atoms with Gasteiger partial charge in [0.15, 0.2) is 11.6 Å². The first-order valence-corrected chi connectivity index (χ1v) is 2.95. The minimum absolute atomic E-state index is 0.235. The molecule has 3 nitrogen and oxygen atoms in total. The van der Waals surface area contributed by atoms with Crippen molar-refractivity contribution in [3.8, 4) is 0 Å². The van der Waals surface area contributed by atoms with Crippen molar-refractivity contribution in [1.29, 1.82) is 0 Å². The number of aromatic nitrogens is 1. The standard InChI is InChI=1S/C6H2F4N2O/c7-3-2(1-11-13)4(8)6(10)12-5(3)9/h1,13H/b11-1+. The van der Waals surface area contributed by atoms with Crippen molar-refractivity contribution in [3.05, 3.63) is 29.1 Å². The average molecular weight is 194 g/mol. The Labute approximate surface area is 69.3 Å². The lowest BCUT2D eigenvalue weighted by Gasteiger charge is -1.99. The predicted molar refractivity (Wildman–Crippen MR) is 33.4 cm³/mol. The summed E-state index contributed by atoms with van der Waals surface area (Å²) in [6.45, 7) is 0. The zero-order valence-corrected chi connectivity index (χ0v) is 5.93. The van der Waals surface area contributed by atoms with E-state index in [1.54, 1.807) is 0 Å². The van der Waals surface area contributed by atoms with E-state index in [9.17, 15) is 17.6 Å². The molecule has 0 fully saturated rings. The van der Waals surface area contributed by atoms with Crippen LogP contribution in [-0.4, -0.2) is 16.4 Å². The molecule has 0 saturated heterocycles. The van der Waals surface area contributed by atoms with Gasteiger partial charge in [0.25, 0.3) is 11.9 Å². The summed E-state index contributed by atoms with van der Waals surface area (Å²) >= 11 is 0. The minimum atomic E-state index is -1.80. The molecular weight excluding hydrogens is 192 g/mol. The molecule has 0 spiro atoms. The van der Waals surface area contributed by atoms with Gasteiger partial charge in [-0.3, -0.25) is 0 Å². The van der Waals surface area contributed by atoms with Crippen LogP contribution in [0.3, 0.4) is 0 Å². The summed E-state index contributed by atoms with van der Waals surface area (Å²) in [6.07, 6.45) is 0.235. The van der Waals surface area contributed by atoms with Gasteiger partial charge in [0.1, 0.15) is 0 Å². The van der Waals surface area contributed by atoms with Crippen LogP contribution in [0, 0.1) is 23.5 Å². The van der Waals surface area contributed by atoms with E-state index in [-0.39, 0.29) is 6.21 Å². The highest BCUT2D eigenvalue weighted by Gasteiger charge is 2.18. The molecule has 0 unspecified atom stereocenters. The second kappa shape index (κ2) is 3.38. The summed E-state index contributed by atoms with van der Waals surface area (Å²) in [5.41, 5.74) is -1.12. The van der Waals surface area contributed by atoms with E-state index < -0.39 is 29.1 Å². The van der Waals surface area contributed by atoms with E-state index in [0.717, 1.165) is 0 Å². The summed E-state index contributed by atoms with van der Waals surface area (Å²) in [5, 5.41) is 10.2. The minimum Gasteiger partial charge on any atom is -0.411 e. The summed E-state index contributed by atoms with van der Waals surface area (Å²) in [5.74, 6) is -7.02. The van der Waals surface area contributed by atoms with Gasteiger partial charge in [-0.2, -0.15) is 13.8 Å². The third-order valence-corrected chi connectivity index (χ3v) is 1.22. The maximum Gasteiger partial charge on any atom is 0.252 e. The van der Waals surface area contributed by atoms with Gasteiger partial charge in [0.05, 0.1) is 11.8 Å². The molecule has 70 valence electrons. The predicted octanol–water partition coefficient (Wildman–Crippen LogP) is 1.45. The Hall–Kier alpha value is -1.66. The van der Waals surface area contributed by atoms with Crippen LogP contribution in [0.2, 0.25) is 0 Å². The maximum atomic E-state index is 12.6. The van der Waals surface area contributed by atoms with Crippen molar-refractivity contribution < 1.29 is 22.8 Å². The molecule has 0 bridgehead atoms. The van der Waals surface area contributed by atoms with Crippen molar-refractivity contribution in [1.82, 2.24) is 4.98 Å². The summed E-state index contributed by atoms with van der Waals surface area (Å²) in [4.78, 5) is 2.29. The molecule has 0 radical (unpaired) electrons. The van der Waals surface area contributed by atoms with Crippen LogP contribution in [0.25, 0.3) is 0 Å². The molecule has 0 aromatic carbocycles. The Morgan fingerprint density at radius 2 is 1.54 bits per heavy atom. The lowest BCUT2D eigenvalue weighted by molar-refractivity contribution is 0.321. The van der Waals surface area contributed by atoms with Crippen LogP contribution in [0.5, 0.6) is 0 Å². The van der Waals surface area contributed by atoms with Crippen LogP contribution in [0.15, 0.2) is 5.16 Å². The number of oxime groups is 1. The second-order valence-corrected chi connectivity index (χ2v) is 1.98. The van der Waals surface area contributed by atoms with E-state index in [1.807, 2.05) is 0 Å².